The van der Waals surface area contributed by atoms with E-state index in [4.69, 9.17) is 11.6 Å². The quantitative estimate of drug-likeness (QED) is 0.918. The maximum atomic E-state index is 12.6. The Morgan fingerprint density at radius 3 is 2.95 bits per heavy atom. The summed E-state index contributed by atoms with van der Waals surface area (Å²) in [5, 5.41) is 3.86. The van der Waals surface area contributed by atoms with Crippen LogP contribution < -0.4 is 5.32 Å². The number of carbonyl (C=O) groups excluding carboxylic acids is 1. The minimum atomic E-state index is 0.136. The number of rotatable bonds is 4. The van der Waals surface area contributed by atoms with E-state index in [-0.39, 0.29) is 5.91 Å². The van der Waals surface area contributed by atoms with Crippen LogP contribution in [0.2, 0.25) is 5.02 Å². The van der Waals surface area contributed by atoms with Crippen LogP contribution in [-0.4, -0.2) is 42.1 Å². The summed E-state index contributed by atoms with van der Waals surface area (Å²) in [6.45, 7) is 2.69. The number of hydrogen-bond donors (Lipinski definition) is 1. The van der Waals surface area contributed by atoms with E-state index < -0.39 is 0 Å². The largest absolute Gasteiger partial charge is 0.339 e. The van der Waals surface area contributed by atoms with Gasteiger partial charge in [0.1, 0.15) is 5.69 Å². The number of likely N-dealkylation sites (tertiary alicyclic amines) is 1. The summed E-state index contributed by atoms with van der Waals surface area (Å²) < 4.78 is 2.07. The van der Waals surface area contributed by atoms with Gasteiger partial charge in [0.25, 0.3) is 5.91 Å². The van der Waals surface area contributed by atoms with E-state index in [2.05, 4.69) is 9.88 Å². The van der Waals surface area contributed by atoms with Gasteiger partial charge in [0.05, 0.1) is 5.02 Å². The molecule has 3 rings (SSSR count). The van der Waals surface area contributed by atoms with Gasteiger partial charge < -0.3 is 14.8 Å². The van der Waals surface area contributed by atoms with Crippen LogP contribution in [-0.2, 0) is 0 Å². The van der Waals surface area contributed by atoms with Crippen LogP contribution in [0.3, 0.4) is 0 Å². The van der Waals surface area contributed by atoms with Crippen LogP contribution in [0.5, 0.6) is 0 Å². The van der Waals surface area contributed by atoms with Crippen molar-refractivity contribution in [2.45, 2.75) is 25.3 Å². The number of carbonyl (C=O) groups is 1. The highest BCUT2D eigenvalue weighted by molar-refractivity contribution is 6.31. The summed E-state index contributed by atoms with van der Waals surface area (Å²) in [7, 11) is 1.96. The predicted octanol–water partition coefficient (Wildman–Crippen LogP) is 2.16. The highest BCUT2D eigenvalue weighted by atomic mass is 35.5. The molecule has 4 nitrogen and oxygen atoms in total. The molecule has 5 heteroatoms. The van der Waals surface area contributed by atoms with Crippen molar-refractivity contribution in [2.24, 2.45) is 5.92 Å². The summed E-state index contributed by atoms with van der Waals surface area (Å²) in [6.07, 6.45) is 5.30. The Morgan fingerprint density at radius 1 is 1.47 bits per heavy atom. The maximum Gasteiger partial charge on any atom is 0.270 e. The van der Waals surface area contributed by atoms with Crippen molar-refractivity contribution in [2.75, 3.05) is 26.7 Å². The molecular weight excluding hydrogens is 262 g/mol. The minimum Gasteiger partial charge on any atom is -0.339 e. The molecule has 1 aliphatic carbocycles. The molecule has 0 bridgehead atoms. The standard InChI is InChI=1S/C14H20ClN3O/c1-16-7-10-4-5-17(8-10)14(19)13-6-11(15)9-18(13)12-2-3-12/h6,9-10,12,16H,2-5,7-8H2,1H3. The summed E-state index contributed by atoms with van der Waals surface area (Å²) in [6, 6.07) is 2.30. The number of amides is 1. The molecule has 1 aromatic heterocycles. The van der Waals surface area contributed by atoms with Crippen molar-refractivity contribution in [3.05, 3.63) is 23.0 Å². The molecule has 1 saturated carbocycles. The van der Waals surface area contributed by atoms with Crippen molar-refractivity contribution in [3.8, 4) is 0 Å². The smallest absolute Gasteiger partial charge is 0.270 e. The molecule has 19 heavy (non-hydrogen) atoms. The van der Waals surface area contributed by atoms with Gasteiger partial charge >= 0.3 is 0 Å². The minimum absolute atomic E-state index is 0.136. The lowest BCUT2D eigenvalue weighted by Gasteiger charge is -2.17. The zero-order valence-corrected chi connectivity index (χ0v) is 12.0. The number of aromatic nitrogens is 1. The summed E-state index contributed by atoms with van der Waals surface area (Å²) in [5.74, 6) is 0.714. The van der Waals surface area contributed by atoms with Crippen LogP contribution in [0.4, 0.5) is 0 Å². The van der Waals surface area contributed by atoms with Gasteiger partial charge in [0, 0.05) is 25.3 Å². The molecule has 2 aliphatic rings. The molecule has 0 spiro atoms. The van der Waals surface area contributed by atoms with Crippen molar-refractivity contribution < 1.29 is 4.79 Å². The third kappa shape index (κ3) is 2.65. The number of hydrogen-bond acceptors (Lipinski definition) is 2. The molecule has 1 aromatic rings. The van der Waals surface area contributed by atoms with Gasteiger partial charge in [-0.2, -0.15) is 0 Å². The van der Waals surface area contributed by atoms with E-state index in [0.717, 1.165) is 44.6 Å². The number of nitrogens with one attached hydrogen (secondary N) is 1. The first-order valence-corrected chi connectivity index (χ1v) is 7.38. The Labute approximate surface area is 118 Å². The van der Waals surface area contributed by atoms with Gasteiger partial charge in [0.2, 0.25) is 0 Å². The van der Waals surface area contributed by atoms with E-state index in [1.54, 1.807) is 0 Å². The van der Waals surface area contributed by atoms with Crippen LogP contribution in [0, 0.1) is 5.92 Å². The van der Waals surface area contributed by atoms with Crippen molar-refractivity contribution >= 4 is 17.5 Å². The van der Waals surface area contributed by atoms with Gasteiger partial charge in [-0.3, -0.25) is 4.79 Å². The van der Waals surface area contributed by atoms with Crippen molar-refractivity contribution in [1.29, 1.82) is 0 Å². The summed E-state index contributed by atoms with van der Waals surface area (Å²) in [4.78, 5) is 14.6. The van der Waals surface area contributed by atoms with Gasteiger partial charge in [0.15, 0.2) is 0 Å². The number of nitrogens with zero attached hydrogens (tertiary/aromatic N) is 2. The third-order valence-corrected chi connectivity index (χ3v) is 4.25. The zero-order valence-electron chi connectivity index (χ0n) is 11.2. The van der Waals surface area contributed by atoms with Crippen LogP contribution in [0.1, 0.15) is 35.8 Å². The third-order valence-electron chi connectivity index (χ3n) is 4.04. The first-order chi connectivity index (χ1) is 9.19. The van der Waals surface area contributed by atoms with E-state index in [0.29, 0.717) is 17.0 Å². The molecule has 1 N–H and O–H groups in total. The molecule has 2 fully saturated rings. The second-order valence-electron chi connectivity index (χ2n) is 5.65. The molecule has 0 aromatic carbocycles. The fourth-order valence-electron chi connectivity index (χ4n) is 2.91. The van der Waals surface area contributed by atoms with Crippen molar-refractivity contribution in [3.63, 3.8) is 0 Å². The van der Waals surface area contributed by atoms with E-state index in [9.17, 15) is 4.79 Å². The summed E-state index contributed by atoms with van der Waals surface area (Å²) in [5.41, 5.74) is 0.762. The van der Waals surface area contributed by atoms with E-state index in [1.165, 1.54) is 0 Å². The average molecular weight is 282 g/mol. The molecule has 0 radical (unpaired) electrons. The van der Waals surface area contributed by atoms with Crippen LogP contribution in [0.25, 0.3) is 0 Å². The molecule has 1 unspecified atom stereocenters. The Balaban J connectivity index is 1.73. The van der Waals surface area contributed by atoms with E-state index >= 15 is 0 Å². The normalized spacial score (nSPS) is 23.1. The molecule has 104 valence electrons. The van der Waals surface area contributed by atoms with Crippen molar-refractivity contribution in [1.82, 2.24) is 14.8 Å². The second-order valence-corrected chi connectivity index (χ2v) is 6.08. The molecular formula is C14H20ClN3O. The fourth-order valence-corrected chi connectivity index (χ4v) is 3.11. The summed E-state index contributed by atoms with van der Waals surface area (Å²) >= 11 is 6.06. The lowest BCUT2D eigenvalue weighted by atomic mass is 10.1. The van der Waals surface area contributed by atoms with Gasteiger partial charge in [-0.25, -0.2) is 0 Å². The second kappa shape index (κ2) is 5.17. The van der Waals surface area contributed by atoms with Gasteiger partial charge in [-0.1, -0.05) is 11.6 Å². The zero-order chi connectivity index (χ0) is 13.4. The topological polar surface area (TPSA) is 37.3 Å². The number of halogens is 1. The molecule has 1 saturated heterocycles. The Bertz CT molecular complexity index is 481. The Hall–Kier alpha value is -1.00. The van der Waals surface area contributed by atoms with Gasteiger partial charge in [-0.15, -0.1) is 0 Å². The average Bonchev–Trinajstić information content (AvgIpc) is 3.01. The Kier molecular flexibility index (Phi) is 3.54. The monoisotopic (exact) mass is 281 g/mol. The van der Waals surface area contributed by atoms with Crippen LogP contribution in [0.15, 0.2) is 12.3 Å². The first-order valence-electron chi connectivity index (χ1n) is 7.00. The Morgan fingerprint density at radius 2 is 2.26 bits per heavy atom. The molecule has 1 atom stereocenters. The predicted molar refractivity (Wildman–Crippen MR) is 75.7 cm³/mol. The fraction of sp³-hybridized carbons (Fsp3) is 0.643. The lowest BCUT2D eigenvalue weighted by Crippen LogP contribution is -2.31. The first kappa shape index (κ1) is 13.0. The maximum absolute atomic E-state index is 12.6. The SMILES string of the molecule is CNCC1CCN(C(=O)c2cc(Cl)cn2C2CC2)C1. The lowest BCUT2D eigenvalue weighted by molar-refractivity contribution is 0.0776. The van der Waals surface area contributed by atoms with Crippen LogP contribution >= 0.6 is 11.6 Å². The molecule has 1 amide bonds. The van der Waals surface area contributed by atoms with E-state index in [1.807, 2.05) is 24.2 Å². The molecule has 2 heterocycles. The highest BCUT2D eigenvalue weighted by Gasteiger charge is 2.32. The highest BCUT2D eigenvalue weighted by Crippen LogP contribution is 2.38. The molecule has 1 aliphatic heterocycles. The van der Waals surface area contributed by atoms with Gasteiger partial charge in [-0.05, 0) is 44.8 Å².